The Labute approximate surface area is 173 Å². The Balaban J connectivity index is 1.37. The molecule has 146 valence electrons. The van der Waals surface area contributed by atoms with Gasteiger partial charge in [0.15, 0.2) is 11.5 Å². The molecule has 1 unspecified atom stereocenters. The number of methoxy groups -OCH3 is 2. The number of ether oxygens (including phenoxy) is 2. The average Bonchev–Trinajstić information content (AvgIpc) is 3.25. The number of thiophene rings is 1. The first kappa shape index (κ1) is 18.2. The molecule has 3 heterocycles. The quantitative estimate of drug-likeness (QED) is 0.543. The van der Waals surface area contributed by atoms with Crippen molar-refractivity contribution in [1.82, 2.24) is 9.88 Å². The SMILES string of the molecule is COc1ccc(-c2nc(CN3CCc4sccc4C3C3CC3)cs2)cc1OC. The van der Waals surface area contributed by atoms with Gasteiger partial charge in [-0.25, -0.2) is 4.98 Å². The van der Waals surface area contributed by atoms with Crippen molar-refractivity contribution in [3.05, 3.63) is 51.2 Å². The maximum absolute atomic E-state index is 5.44. The number of rotatable bonds is 6. The van der Waals surface area contributed by atoms with Crippen LogP contribution in [0.3, 0.4) is 0 Å². The number of hydrogen-bond acceptors (Lipinski definition) is 6. The van der Waals surface area contributed by atoms with E-state index in [4.69, 9.17) is 14.5 Å². The monoisotopic (exact) mass is 412 g/mol. The number of nitrogens with zero attached hydrogens (tertiary/aromatic N) is 2. The van der Waals surface area contributed by atoms with E-state index in [0.29, 0.717) is 6.04 Å². The lowest BCUT2D eigenvalue weighted by Gasteiger charge is -2.35. The number of fused-ring (bicyclic) bond motifs is 1. The number of thiazole rings is 1. The van der Waals surface area contributed by atoms with Crippen molar-refractivity contribution in [2.24, 2.45) is 5.92 Å². The zero-order valence-electron chi connectivity index (χ0n) is 16.2. The van der Waals surface area contributed by atoms with Crippen molar-refractivity contribution in [3.63, 3.8) is 0 Å². The van der Waals surface area contributed by atoms with Gasteiger partial charge in [-0.3, -0.25) is 4.90 Å². The molecule has 6 heteroatoms. The topological polar surface area (TPSA) is 34.6 Å². The predicted octanol–water partition coefficient (Wildman–Crippen LogP) is 5.40. The standard InChI is InChI=1S/C22H24N2O2S2/c1-25-18-6-5-15(11-19(18)26-2)22-23-16(13-28-22)12-24-9-7-20-17(8-10-27-20)21(24)14-3-4-14/h5-6,8,10-11,13-14,21H,3-4,7,9,12H2,1-2H3. The van der Waals surface area contributed by atoms with Crippen LogP contribution in [0.5, 0.6) is 11.5 Å². The van der Waals surface area contributed by atoms with Gasteiger partial charge in [0.05, 0.1) is 19.9 Å². The molecule has 4 nitrogen and oxygen atoms in total. The van der Waals surface area contributed by atoms with Gasteiger partial charge in [-0.2, -0.15) is 0 Å². The summed E-state index contributed by atoms with van der Waals surface area (Å²) < 4.78 is 10.8. The van der Waals surface area contributed by atoms with E-state index in [9.17, 15) is 0 Å². The minimum Gasteiger partial charge on any atom is -0.493 e. The summed E-state index contributed by atoms with van der Waals surface area (Å²) >= 11 is 3.63. The molecule has 1 aromatic carbocycles. The molecule has 0 spiro atoms. The van der Waals surface area contributed by atoms with Crippen molar-refractivity contribution in [3.8, 4) is 22.1 Å². The van der Waals surface area contributed by atoms with Crippen LogP contribution in [0, 0.1) is 5.92 Å². The molecular weight excluding hydrogens is 388 g/mol. The first-order chi connectivity index (χ1) is 13.8. The van der Waals surface area contributed by atoms with Gasteiger partial charge in [0.25, 0.3) is 0 Å². The first-order valence-corrected chi connectivity index (χ1v) is 11.5. The van der Waals surface area contributed by atoms with Crippen LogP contribution in [-0.4, -0.2) is 30.6 Å². The van der Waals surface area contributed by atoms with E-state index in [1.165, 1.54) is 25.0 Å². The van der Waals surface area contributed by atoms with Crippen LogP contribution < -0.4 is 9.47 Å². The number of aromatic nitrogens is 1. The summed E-state index contributed by atoms with van der Waals surface area (Å²) in [4.78, 5) is 9.19. The van der Waals surface area contributed by atoms with E-state index in [1.54, 1.807) is 36.0 Å². The van der Waals surface area contributed by atoms with Gasteiger partial charge >= 0.3 is 0 Å². The molecule has 1 fully saturated rings. The summed E-state index contributed by atoms with van der Waals surface area (Å²) in [5.41, 5.74) is 3.82. The Morgan fingerprint density at radius 1 is 1.11 bits per heavy atom. The second kappa shape index (κ2) is 7.50. The van der Waals surface area contributed by atoms with E-state index < -0.39 is 0 Å². The Morgan fingerprint density at radius 2 is 1.96 bits per heavy atom. The molecule has 1 atom stereocenters. The van der Waals surface area contributed by atoms with Gasteiger partial charge < -0.3 is 9.47 Å². The van der Waals surface area contributed by atoms with E-state index in [1.807, 2.05) is 23.5 Å². The van der Waals surface area contributed by atoms with Crippen LogP contribution in [0.2, 0.25) is 0 Å². The Hall–Kier alpha value is -1.89. The maximum Gasteiger partial charge on any atom is 0.161 e. The highest BCUT2D eigenvalue weighted by Gasteiger charge is 2.39. The molecule has 1 saturated carbocycles. The zero-order chi connectivity index (χ0) is 19.1. The number of benzene rings is 1. The van der Waals surface area contributed by atoms with Crippen molar-refractivity contribution in [2.75, 3.05) is 20.8 Å². The molecule has 0 N–H and O–H groups in total. The predicted molar refractivity (Wildman–Crippen MR) is 115 cm³/mol. The summed E-state index contributed by atoms with van der Waals surface area (Å²) in [6, 6.07) is 8.94. The molecule has 0 bridgehead atoms. The van der Waals surface area contributed by atoms with Gasteiger partial charge in [0.2, 0.25) is 0 Å². The molecule has 2 aromatic heterocycles. The molecule has 0 saturated heterocycles. The van der Waals surface area contributed by atoms with Crippen LogP contribution in [0.1, 0.15) is 35.0 Å². The minimum absolute atomic E-state index is 0.584. The zero-order valence-corrected chi connectivity index (χ0v) is 17.8. The summed E-state index contributed by atoms with van der Waals surface area (Å²) in [5, 5.41) is 5.51. The largest absolute Gasteiger partial charge is 0.493 e. The van der Waals surface area contributed by atoms with Crippen LogP contribution >= 0.6 is 22.7 Å². The lowest BCUT2D eigenvalue weighted by Crippen LogP contribution is -2.35. The Bertz CT molecular complexity index is 977. The van der Waals surface area contributed by atoms with E-state index in [2.05, 4.69) is 27.8 Å². The van der Waals surface area contributed by atoms with Crippen LogP contribution in [0.4, 0.5) is 0 Å². The van der Waals surface area contributed by atoms with E-state index in [-0.39, 0.29) is 0 Å². The van der Waals surface area contributed by atoms with Crippen molar-refractivity contribution in [2.45, 2.75) is 31.8 Å². The third-order valence-electron chi connectivity index (χ3n) is 5.73. The van der Waals surface area contributed by atoms with Gasteiger partial charge in [-0.1, -0.05) is 0 Å². The van der Waals surface area contributed by atoms with Crippen molar-refractivity contribution < 1.29 is 9.47 Å². The van der Waals surface area contributed by atoms with Gasteiger partial charge in [0.1, 0.15) is 5.01 Å². The van der Waals surface area contributed by atoms with Crippen LogP contribution in [-0.2, 0) is 13.0 Å². The minimum atomic E-state index is 0.584. The van der Waals surface area contributed by atoms with E-state index in [0.717, 1.165) is 41.1 Å². The molecule has 2 aliphatic rings. The molecule has 5 rings (SSSR count). The van der Waals surface area contributed by atoms with E-state index >= 15 is 0 Å². The van der Waals surface area contributed by atoms with Gasteiger partial charge in [-0.15, -0.1) is 22.7 Å². The molecule has 0 amide bonds. The van der Waals surface area contributed by atoms with Crippen molar-refractivity contribution in [1.29, 1.82) is 0 Å². The second-order valence-electron chi connectivity index (χ2n) is 7.52. The second-order valence-corrected chi connectivity index (χ2v) is 9.37. The summed E-state index contributed by atoms with van der Waals surface area (Å²) in [7, 11) is 3.33. The van der Waals surface area contributed by atoms with Crippen molar-refractivity contribution >= 4 is 22.7 Å². The fourth-order valence-corrected chi connectivity index (χ4v) is 5.95. The third-order valence-corrected chi connectivity index (χ3v) is 7.67. The van der Waals surface area contributed by atoms with Crippen LogP contribution in [0.15, 0.2) is 35.0 Å². The lowest BCUT2D eigenvalue weighted by molar-refractivity contribution is 0.156. The molecular formula is C22H24N2O2S2. The first-order valence-electron chi connectivity index (χ1n) is 9.74. The highest BCUT2D eigenvalue weighted by atomic mass is 32.1. The summed E-state index contributed by atoms with van der Waals surface area (Å²) in [5.74, 6) is 2.32. The Kier molecular flexibility index (Phi) is 4.87. The maximum atomic E-state index is 5.44. The fourth-order valence-electron chi connectivity index (χ4n) is 4.23. The van der Waals surface area contributed by atoms with Crippen LogP contribution in [0.25, 0.3) is 10.6 Å². The summed E-state index contributed by atoms with van der Waals surface area (Å²) in [6.45, 7) is 2.07. The van der Waals surface area contributed by atoms with Gasteiger partial charge in [-0.05, 0) is 60.4 Å². The highest BCUT2D eigenvalue weighted by molar-refractivity contribution is 7.13. The smallest absolute Gasteiger partial charge is 0.161 e. The van der Waals surface area contributed by atoms with Gasteiger partial charge in [0, 0.05) is 35.0 Å². The molecule has 1 aliphatic carbocycles. The molecule has 28 heavy (non-hydrogen) atoms. The summed E-state index contributed by atoms with van der Waals surface area (Å²) in [6.07, 6.45) is 3.90. The number of hydrogen-bond donors (Lipinski definition) is 0. The normalized spacial score (nSPS) is 19.4. The fraction of sp³-hybridized carbons (Fsp3) is 0.409. The molecule has 3 aromatic rings. The lowest BCUT2D eigenvalue weighted by atomic mass is 9.96. The highest BCUT2D eigenvalue weighted by Crippen LogP contribution is 2.48. The third kappa shape index (κ3) is 3.34. The molecule has 0 radical (unpaired) electrons. The molecule has 1 aliphatic heterocycles. The Morgan fingerprint density at radius 3 is 2.75 bits per heavy atom. The average molecular weight is 413 g/mol.